The van der Waals surface area contributed by atoms with Gasteiger partial charge in [-0.25, -0.2) is 0 Å². The second-order valence-electron chi connectivity index (χ2n) is 3.04. The van der Waals surface area contributed by atoms with E-state index in [4.69, 9.17) is 10.2 Å². The molecule has 0 bridgehead atoms. The monoisotopic (exact) mass is 234 g/mol. The first-order valence-corrected chi connectivity index (χ1v) is 6.02. The van der Waals surface area contributed by atoms with Gasteiger partial charge in [0.15, 0.2) is 0 Å². The van der Waals surface area contributed by atoms with Crippen LogP contribution in [0.4, 0.5) is 0 Å². The summed E-state index contributed by atoms with van der Waals surface area (Å²) in [6, 6.07) is 16.2. The average Bonchev–Trinajstić information content (AvgIpc) is 2.31. The summed E-state index contributed by atoms with van der Waals surface area (Å²) in [5.41, 5.74) is 0. The van der Waals surface area contributed by atoms with Gasteiger partial charge in [-0.3, -0.25) is 0 Å². The highest BCUT2D eigenvalue weighted by molar-refractivity contribution is 7.98. The van der Waals surface area contributed by atoms with E-state index in [1.54, 1.807) is 17.8 Å². The van der Waals surface area contributed by atoms with Crippen LogP contribution in [0.15, 0.2) is 59.5 Å². The fourth-order valence-corrected chi connectivity index (χ4v) is 1.48. The molecule has 3 heteroatoms. The number of hydrogen-bond acceptors (Lipinski definition) is 3. The van der Waals surface area contributed by atoms with E-state index in [2.05, 4.69) is 18.4 Å². The van der Waals surface area contributed by atoms with Crippen molar-refractivity contribution in [3.8, 4) is 11.5 Å². The molecule has 0 atom stereocenters. The minimum Gasteiger partial charge on any atom is -0.508 e. The lowest BCUT2D eigenvalue weighted by Gasteiger charge is -1.89. The Morgan fingerprint density at radius 1 is 0.812 bits per heavy atom. The second-order valence-corrected chi connectivity index (χ2v) is 3.92. The molecule has 2 nitrogen and oxygen atoms in total. The zero-order valence-corrected chi connectivity index (χ0v) is 9.82. The van der Waals surface area contributed by atoms with E-state index in [-0.39, 0.29) is 11.5 Å². The fraction of sp³-hybridized carbons (Fsp3) is 0.0769. The Bertz CT molecular complexity index is 398. The molecule has 0 fully saturated rings. The first-order chi connectivity index (χ1) is 7.72. The first kappa shape index (κ1) is 12.5. The van der Waals surface area contributed by atoms with E-state index in [0.29, 0.717) is 0 Å². The fourth-order valence-electron chi connectivity index (χ4n) is 1.05. The van der Waals surface area contributed by atoms with Gasteiger partial charge in [0.25, 0.3) is 0 Å². The van der Waals surface area contributed by atoms with Crippen LogP contribution in [0.1, 0.15) is 0 Å². The topological polar surface area (TPSA) is 40.5 Å². The lowest BCUT2D eigenvalue weighted by atomic mass is 10.3. The Morgan fingerprint density at radius 2 is 1.38 bits per heavy atom. The number of aromatic hydroxyl groups is 2. The molecule has 2 aromatic rings. The Kier molecular flexibility index (Phi) is 5.29. The number of hydrogen-bond donors (Lipinski definition) is 2. The van der Waals surface area contributed by atoms with Gasteiger partial charge in [0.05, 0.1) is 0 Å². The third kappa shape index (κ3) is 4.75. The summed E-state index contributed by atoms with van der Waals surface area (Å²) in [5.74, 6) is 0.176. The van der Waals surface area contributed by atoms with Crippen LogP contribution in [0, 0.1) is 0 Å². The van der Waals surface area contributed by atoms with Gasteiger partial charge in [0.1, 0.15) is 11.5 Å². The third-order valence-electron chi connectivity index (χ3n) is 1.81. The number of thioether (sulfide) groups is 1. The van der Waals surface area contributed by atoms with Crippen molar-refractivity contribution in [2.24, 2.45) is 0 Å². The van der Waals surface area contributed by atoms with Gasteiger partial charge < -0.3 is 10.2 Å². The zero-order chi connectivity index (χ0) is 11.8. The Hall–Kier alpha value is -1.61. The molecule has 2 aromatic carbocycles. The molecule has 0 spiro atoms. The lowest BCUT2D eigenvalue weighted by molar-refractivity contribution is 0.450. The molecule has 0 amide bonds. The quantitative estimate of drug-likeness (QED) is 0.742. The minimum absolute atomic E-state index is 0.0880. The SMILES string of the molecule is CSc1ccccc1.Oc1cccc(O)c1. The summed E-state index contributed by atoms with van der Waals surface area (Å²) < 4.78 is 0. The molecule has 0 aromatic heterocycles. The van der Waals surface area contributed by atoms with Crippen LogP contribution in [0.25, 0.3) is 0 Å². The maximum Gasteiger partial charge on any atom is 0.119 e. The van der Waals surface area contributed by atoms with Crippen LogP contribution in [-0.2, 0) is 0 Å². The Labute approximate surface area is 99.6 Å². The van der Waals surface area contributed by atoms with Crippen molar-refractivity contribution in [2.75, 3.05) is 6.26 Å². The molecule has 0 heterocycles. The predicted molar refractivity (Wildman–Crippen MR) is 68.0 cm³/mol. The zero-order valence-electron chi connectivity index (χ0n) is 9.00. The molecule has 2 N–H and O–H groups in total. The van der Waals surface area contributed by atoms with Crippen LogP contribution in [0.5, 0.6) is 11.5 Å². The summed E-state index contributed by atoms with van der Waals surface area (Å²) in [6.07, 6.45) is 2.08. The maximum absolute atomic E-state index is 8.65. The average molecular weight is 234 g/mol. The highest BCUT2D eigenvalue weighted by Gasteiger charge is 1.85. The molecule has 0 saturated heterocycles. The molecule has 0 aliphatic rings. The van der Waals surface area contributed by atoms with Gasteiger partial charge in [-0.15, -0.1) is 11.8 Å². The van der Waals surface area contributed by atoms with Gasteiger partial charge in [-0.05, 0) is 30.5 Å². The summed E-state index contributed by atoms with van der Waals surface area (Å²) in [5, 5.41) is 17.3. The number of benzene rings is 2. The van der Waals surface area contributed by atoms with Crippen molar-refractivity contribution in [1.29, 1.82) is 0 Å². The van der Waals surface area contributed by atoms with E-state index < -0.39 is 0 Å². The number of rotatable bonds is 1. The van der Waals surface area contributed by atoms with E-state index in [1.165, 1.54) is 23.1 Å². The summed E-state index contributed by atoms with van der Waals surface area (Å²) >= 11 is 1.77. The van der Waals surface area contributed by atoms with Crippen molar-refractivity contribution >= 4 is 11.8 Å². The van der Waals surface area contributed by atoms with Crippen molar-refractivity contribution in [3.63, 3.8) is 0 Å². The highest BCUT2D eigenvalue weighted by atomic mass is 32.2. The predicted octanol–water partition coefficient (Wildman–Crippen LogP) is 3.51. The molecular formula is C13H14O2S. The van der Waals surface area contributed by atoms with Crippen LogP contribution >= 0.6 is 11.8 Å². The molecule has 0 saturated carbocycles. The lowest BCUT2D eigenvalue weighted by Crippen LogP contribution is -1.62. The van der Waals surface area contributed by atoms with Crippen LogP contribution in [0.2, 0.25) is 0 Å². The minimum atomic E-state index is 0.0880. The van der Waals surface area contributed by atoms with Crippen LogP contribution < -0.4 is 0 Å². The number of phenols is 2. The van der Waals surface area contributed by atoms with Gasteiger partial charge in [0.2, 0.25) is 0 Å². The summed E-state index contributed by atoms with van der Waals surface area (Å²) in [7, 11) is 0. The van der Waals surface area contributed by atoms with Crippen molar-refractivity contribution in [3.05, 3.63) is 54.6 Å². The van der Waals surface area contributed by atoms with Crippen LogP contribution in [0.3, 0.4) is 0 Å². The molecule has 0 radical (unpaired) electrons. The molecule has 16 heavy (non-hydrogen) atoms. The van der Waals surface area contributed by atoms with Crippen molar-refractivity contribution in [2.45, 2.75) is 4.90 Å². The van der Waals surface area contributed by atoms with Crippen molar-refractivity contribution in [1.82, 2.24) is 0 Å². The van der Waals surface area contributed by atoms with E-state index in [9.17, 15) is 0 Å². The largest absolute Gasteiger partial charge is 0.508 e. The normalized spacial score (nSPS) is 9.06. The Balaban J connectivity index is 0.000000160. The van der Waals surface area contributed by atoms with E-state index in [1.807, 2.05) is 18.2 Å². The van der Waals surface area contributed by atoms with Gasteiger partial charge in [0, 0.05) is 11.0 Å². The van der Waals surface area contributed by atoms with Crippen LogP contribution in [-0.4, -0.2) is 16.5 Å². The van der Waals surface area contributed by atoms with Crippen molar-refractivity contribution < 1.29 is 10.2 Å². The van der Waals surface area contributed by atoms with Gasteiger partial charge in [-0.2, -0.15) is 0 Å². The molecule has 2 rings (SSSR count). The highest BCUT2D eigenvalue weighted by Crippen LogP contribution is 2.14. The smallest absolute Gasteiger partial charge is 0.119 e. The summed E-state index contributed by atoms with van der Waals surface area (Å²) in [6.45, 7) is 0. The number of phenolic OH excluding ortho intramolecular Hbond substituents is 2. The summed E-state index contributed by atoms with van der Waals surface area (Å²) in [4.78, 5) is 1.33. The Morgan fingerprint density at radius 3 is 1.69 bits per heavy atom. The third-order valence-corrected chi connectivity index (χ3v) is 2.55. The van der Waals surface area contributed by atoms with Gasteiger partial charge in [-0.1, -0.05) is 24.3 Å². The standard InChI is InChI=1S/C7H8S.C6H6O2/c1-8-7-5-3-2-4-6-7;7-5-2-1-3-6(8)4-5/h2-6H,1H3;1-4,7-8H. The molecule has 0 unspecified atom stereocenters. The molecular weight excluding hydrogens is 220 g/mol. The first-order valence-electron chi connectivity index (χ1n) is 4.79. The van der Waals surface area contributed by atoms with Gasteiger partial charge >= 0.3 is 0 Å². The maximum atomic E-state index is 8.65. The second kappa shape index (κ2) is 6.80. The van der Waals surface area contributed by atoms with E-state index >= 15 is 0 Å². The molecule has 0 aliphatic heterocycles. The molecule has 84 valence electrons. The molecule has 0 aliphatic carbocycles. The van der Waals surface area contributed by atoms with E-state index in [0.717, 1.165) is 0 Å².